The molecule has 0 bridgehead atoms. The van der Waals surface area contributed by atoms with Crippen LogP contribution in [-0.4, -0.2) is 36.8 Å². The Morgan fingerprint density at radius 3 is 2.65 bits per heavy atom. The molecule has 0 aromatic carbocycles. The number of nitrogens with zero attached hydrogens (tertiary/aromatic N) is 2. The molecular weight excluding hydrogens is 274 g/mol. The molecule has 1 aromatic rings. The Balaban J connectivity index is 2.07. The van der Waals surface area contributed by atoms with Crippen LogP contribution in [0.25, 0.3) is 0 Å². The first-order valence-corrected chi connectivity index (χ1v) is 8.55. The van der Waals surface area contributed by atoms with Gasteiger partial charge in [0.05, 0.1) is 0 Å². The number of rotatable bonds is 7. The number of nitrogens with one attached hydrogen (secondary N) is 1. The zero-order valence-electron chi connectivity index (χ0n) is 12.3. The van der Waals surface area contributed by atoms with Crippen LogP contribution < -0.4 is 5.32 Å². The van der Waals surface area contributed by atoms with Crippen LogP contribution in [0.15, 0.2) is 23.4 Å². The van der Waals surface area contributed by atoms with Crippen molar-refractivity contribution in [2.75, 3.05) is 7.05 Å². The lowest BCUT2D eigenvalue weighted by atomic mass is 10.3. The molecule has 0 aliphatic heterocycles. The van der Waals surface area contributed by atoms with Crippen molar-refractivity contribution >= 4 is 10.0 Å². The first kappa shape index (κ1) is 15.4. The molecule has 1 heterocycles. The van der Waals surface area contributed by atoms with Crippen LogP contribution in [0, 0.1) is 0 Å². The maximum Gasteiger partial charge on any atom is 0.260 e. The fourth-order valence-electron chi connectivity index (χ4n) is 1.86. The molecule has 1 N–H and O–H groups in total. The molecular formula is C14H23N3O2S. The lowest BCUT2D eigenvalue weighted by molar-refractivity contribution is 0.379. The van der Waals surface area contributed by atoms with E-state index in [1.165, 1.54) is 17.1 Å². The molecule has 6 heteroatoms. The lowest BCUT2D eigenvalue weighted by Crippen LogP contribution is -2.35. The Bertz CT molecular complexity index is 538. The van der Waals surface area contributed by atoms with Gasteiger partial charge in [-0.25, -0.2) is 13.4 Å². The average Bonchev–Trinajstić information content (AvgIpc) is 3.28. The summed E-state index contributed by atoms with van der Waals surface area (Å²) < 4.78 is 26.1. The largest absolute Gasteiger partial charge is 0.310 e. The fraction of sp³-hybridized carbons (Fsp3) is 0.643. The summed E-state index contributed by atoms with van der Waals surface area (Å²) in [7, 11) is -1.88. The molecule has 2 rings (SSSR count). The topological polar surface area (TPSA) is 62.3 Å². The first-order chi connectivity index (χ1) is 9.45. The van der Waals surface area contributed by atoms with Gasteiger partial charge < -0.3 is 5.32 Å². The highest BCUT2D eigenvalue weighted by Crippen LogP contribution is 2.20. The third-order valence-corrected chi connectivity index (χ3v) is 5.71. The first-order valence-electron chi connectivity index (χ1n) is 7.11. The molecule has 0 spiro atoms. The molecule has 20 heavy (non-hydrogen) atoms. The van der Waals surface area contributed by atoms with Crippen LogP contribution in [0.2, 0.25) is 0 Å². The van der Waals surface area contributed by atoms with Crippen LogP contribution in [0.5, 0.6) is 0 Å². The van der Waals surface area contributed by atoms with Gasteiger partial charge in [0.15, 0.2) is 5.03 Å². The maximum absolute atomic E-state index is 12.4. The molecule has 1 saturated carbocycles. The van der Waals surface area contributed by atoms with E-state index < -0.39 is 10.0 Å². The molecule has 0 radical (unpaired) electrons. The van der Waals surface area contributed by atoms with Crippen molar-refractivity contribution in [1.82, 2.24) is 14.6 Å². The molecule has 1 aromatic heterocycles. The third kappa shape index (κ3) is 3.56. The minimum atomic E-state index is -3.48. The number of pyridine rings is 1. The second kappa shape index (κ2) is 6.20. The van der Waals surface area contributed by atoms with Gasteiger partial charge in [-0.05, 0) is 37.8 Å². The molecule has 112 valence electrons. The van der Waals surface area contributed by atoms with Crippen LogP contribution >= 0.6 is 0 Å². The molecule has 0 saturated heterocycles. The second-order valence-electron chi connectivity index (χ2n) is 5.44. The van der Waals surface area contributed by atoms with Gasteiger partial charge >= 0.3 is 0 Å². The minimum absolute atomic E-state index is 0.0296. The summed E-state index contributed by atoms with van der Waals surface area (Å²) in [4.78, 5) is 4.12. The lowest BCUT2D eigenvalue weighted by Gasteiger charge is -2.22. The summed E-state index contributed by atoms with van der Waals surface area (Å²) in [6.07, 6.45) is 4.89. The average molecular weight is 297 g/mol. The normalized spacial score (nSPS) is 17.4. The van der Waals surface area contributed by atoms with Crippen LogP contribution in [0.1, 0.15) is 38.7 Å². The Morgan fingerprint density at radius 2 is 2.15 bits per heavy atom. The molecule has 0 amide bonds. The summed E-state index contributed by atoms with van der Waals surface area (Å²) in [6.45, 7) is 4.61. The van der Waals surface area contributed by atoms with Crippen molar-refractivity contribution in [3.05, 3.63) is 23.9 Å². The quantitative estimate of drug-likeness (QED) is 0.833. The van der Waals surface area contributed by atoms with Gasteiger partial charge in [-0.2, -0.15) is 4.31 Å². The van der Waals surface area contributed by atoms with E-state index in [1.807, 2.05) is 19.9 Å². The molecule has 1 unspecified atom stereocenters. The van der Waals surface area contributed by atoms with Crippen molar-refractivity contribution in [3.8, 4) is 0 Å². The molecule has 1 atom stereocenters. The number of aromatic nitrogens is 1. The summed E-state index contributed by atoms with van der Waals surface area (Å²) in [5, 5.41) is 3.50. The predicted octanol–water partition coefficient (Wildman–Crippen LogP) is 1.75. The van der Waals surface area contributed by atoms with Crippen molar-refractivity contribution in [2.45, 2.75) is 56.8 Å². The standard InChI is InChI=1S/C14H23N3O2S/c1-4-11(2)17(3)20(18,19)14-8-5-12(10-16-14)9-15-13-6-7-13/h5,8,10-11,13,15H,4,6-7,9H2,1-3H3. The molecule has 5 nitrogen and oxygen atoms in total. The SMILES string of the molecule is CCC(C)N(C)S(=O)(=O)c1ccc(CNC2CC2)cn1. The highest BCUT2D eigenvalue weighted by molar-refractivity contribution is 7.89. The second-order valence-corrected chi connectivity index (χ2v) is 7.38. The van der Waals surface area contributed by atoms with Crippen molar-refractivity contribution in [2.24, 2.45) is 0 Å². The molecule has 1 aliphatic carbocycles. The van der Waals surface area contributed by atoms with E-state index >= 15 is 0 Å². The fourth-order valence-corrected chi connectivity index (χ4v) is 3.20. The summed E-state index contributed by atoms with van der Waals surface area (Å²) in [5.41, 5.74) is 1.02. The highest BCUT2D eigenvalue weighted by atomic mass is 32.2. The van der Waals surface area contributed by atoms with Crippen LogP contribution in [0.3, 0.4) is 0 Å². The number of sulfonamides is 1. The van der Waals surface area contributed by atoms with Crippen molar-refractivity contribution in [3.63, 3.8) is 0 Å². The Kier molecular flexibility index (Phi) is 4.78. The number of hydrogen-bond donors (Lipinski definition) is 1. The van der Waals surface area contributed by atoms with Gasteiger partial charge in [-0.15, -0.1) is 0 Å². The monoisotopic (exact) mass is 297 g/mol. The van der Waals surface area contributed by atoms with Gasteiger partial charge in [-0.1, -0.05) is 13.0 Å². The highest BCUT2D eigenvalue weighted by Gasteiger charge is 2.25. The summed E-state index contributed by atoms with van der Waals surface area (Å²) >= 11 is 0. The Labute approximate surface area is 121 Å². The van der Waals surface area contributed by atoms with E-state index in [-0.39, 0.29) is 11.1 Å². The van der Waals surface area contributed by atoms with Gasteiger partial charge in [-0.3, -0.25) is 0 Å². The zero-order valence-corrected chi connectivity index (χ0v) is 13.2. The van der Waals surface area contributed by atoms with E-state index in [0.29, 0.717) is 6.04 Å². The Morgan fingerprint density at radius 1 is 1.45 bits per heavy atom. The third-order valence-electron chi connectivity index (χ3n) is 3.82. The number of hydrogen-bond acceptors (Lipinski definition) is 4. The van der Waals surface area contributed by atoms with Gasteiger partial charge in [0, 0.05) is 31.9 Å². The summed E-state index contributed by atoms with van der Waals surface area (Å²) in [5.74, 6) is 0. The molecule has 1 fully saturated rings. The predicted molar refractivity (Wildman–Crippen MR) is 78.8 cm³/mol. The van der Waals surface area contributed by atoms with Crippen LogP contribution in [0.4, 0.5) is 0 Å². The van der Waals surface area contributed by atoms with E-state index in [2.05, 4.69) is 10.3 Å². The van der Waals surface area contributed by atoms with Gasteiger partial charge in [0.1, 0.15) is 0 Å². The van der Waals surface area contributed by atoms with Crippen molar-refractivity contribution in [1.29, 1.82) is 0 Å². The summed E-state index contributed by atoms with van der Waals surface area (Å²) in [6, 6.07) is 4.03. The Hall–Kier alpha value is -0.980. The smallest absolute Gasteiger partial charge is 0.260 e. The molecule has 1 aliphatic rings. The minimum Gasteiger partial charge on any atom is -0.310 e. The zero-order chi connectivity index (χ0) is 14.8. The van der Waals surface area contributed by atoms with Crippen molar-refractivity contribution < 1.29 is 8.42 Å². The van der Waals surface area contributed by atoms with Gasteiger partial charge in [0.2, 0.25) is 0 Å². The van der Waals surface area contributed by atoms with E-state index in [9.17, 15) is 8.42 Å². The van der Waals surface area contributed by atoms with E-state index in [0.717, 1.165) is 18.5 Å². The van der Waals surface area contributed by atoms with E-state index in [4.69, 9.17) is 0 Å². The van der Waals surface area contributed by atoms with Gasteiger partial charge in [0.25, 0.3) is 10.0 Å². The van der Waals surface area contributed by atoms with Crippen LogP contribution in [-0.2, 0) is 16.6 Å². The maximum atomic E-state index is 12.4. The van der Waals surface area contributed by atoms with E-state index in [1.54, 1.807) is 19.3 Å².